The summed E-state index contributed by atoms with van der Waals surface area (Å²) in [6, 6.07) is 0.761. The van der Waals surface area contributed by atoms with Gasteiger partial charge in [0.25, 0.3) is 0 Å². The Bertz CT molecular complexity index is 668. The first-order chi connectivity index (χ1) is 9.47. The predicted molar refractivity (Wildman–Crippen MR) is 66.6 cm³/mol. The number of rotatable bonds is 3. The van der Waals surface area contributed by atoms with Gasteiger partial charge in [-0.15, -0.1) is 0 Å². The van der Waals surface area contributed by atoms with E-state index in [1.54, 1.807) is 0 Å². The quantitative estimate of drug-likeness (QED) is 0.850. The number of nitrogens with two attached hydrogens (primary N) is 1. The molecule has 118 valence electrons. The summed E-state index contributed by atoms with van der Waals surface area (Å²) in [5.41, 5.74) is -1.11. The third-order valence-electron chi connectivity index (χ3n) is 3.10. The van der Waals surface area contributed by atoms with Crippen LogP contribution in [0.3, 0.4) is 0 Å². The van der Waals surface area contributed by atoms with E-state index >= 15 is 0 Å². The molecule has 2 N–H and O–H groups in total. The minimum Gasteiger partial charge on any atom is -0.297 e. The van der Waals surface area contributed by atoms with Crippen LogP contribution in [-0.2, 0) is 28.0 Å². The maximum atomic E-state index is 12.6. The van der Waals surface area contributed by atoms with Crippen molar-refractivity contribution in [1.82, 2.24) is 9.78 Å². The van der Waals surface area contributed by atoms with Gasteiger partial charge in [-0.1, -0.05) is 0 Å². The van der Waals surface area contributed by atoms with E-state index in [0.717, 1.165) is 15.6 Å². The molecule has 1 unspecified atom stereocenters. The van der Waals surface area contributed by atoms with Gasteiger partial charge in [0, 0.05) is 32.0 Å². The molecule has 2 heterocycles. The van der Waals surface area contributed by atoms with Crippen LogP contribution in [0.15, 0.2) is 6.07 Å². The fourth-order valence-electron chi connectivity index (χ4n) is 2.29. The van der Waals surface area contributed by atoms with Gasteiger partial charge in [-0.25, -0.2) is 13.6 Å². The number of carbonyl (C=O) groups excluding carboxylic acids is 1. The standard InChI is InChI=1S/C10H13F3N4O3S/c1-16-8(3-7(15-16)10(11,12)13)17-4-6(2-9(17)18)5-21(14,19)20/h3,6H,2,4-5H2,1H3,(H2,14,19,20). The Labute approximate surface area is 118 Å². The fourth-order valence-corrected chi connectivity index (χ4v) is 3.17. The summed E-state index contributed by atoms with van der Waals surface area (Å²) >= 11 is 0. The molecule has 1 aromatic heterocycles. The van der Waals surface area contributed by atoms with Crippen LogP contribution in [0, 0.1) is 5.92 Å². The monoisotopic (exact) mass is 326 g/mol. The van der Waals surface area contributed by atoms with Crippen LogP contribution >= 0.6 is 0 Å². The van der Waals surface area contributed by atoms with E-state index < -0.39 is 33.7 Å². The number of halogens is 3. The molecule has 1 fully saturated rings. The van der Waals surface area contributed by atoms with Crippen molar-refractivity contribution in [2.24, 2.45) is 18.1 Å². The van der Waals surface area contributed by atoms with Crippen LogP contribution in [0.2, 0.25) is 0 Å². The molecule has 0 saturated carbocycles. The Morgan fingerprint density at radius 2 is 2.10 bits per heavy atom. The number of hydrogen-bond donors (Lipinski definition) is 1. The van der Waals surface area contributed by atoms with Gasteiger partial charge in [0.05, 0.1) is 5.75 Å². The predicted octanol–water partition coefficient (Wildman–Crippen LogP) is 0.0803. The molecule has 21 heavy (non-hydrogen) atoms. The van der Waals surface area contributed by atoms with Gasteiger partial charge in [0.1, 0.15) is 5.82 Å². The maximum Gasteiger partial charge on any atom is 0.435 e. The number of carbonyl (C=O) groups is 1. The molecule has 7 nitrogen and oxygen atoms in total. The number of anilines is 1. The van der Waals surface area contributed by atoms with E-state index in [4.69, 9.17) is 5.14 Å². The van der Waals surface area contributed by atoms with Gasteiger partial charge < -0.3 is 0 Å². The first-order valence-corrected chi connectivity index (χ1v) is 7.61. The van der Waals surface area contributed by atoms with Gasteiger partial charge in [-0.3, -0.25) is 14.4 Å². The zero-order valence-corrected chi connectivity index (χ0v) is 11.8. The highest BCUT2D eigenvalue weighted by Gasteiger charge is 2.38. The number of aromatic nitrogens is 2. The van der Waals surface area contributed by atoms with Crippen LogP contribution in [-0.4, -0.2) is 36.4 Å². The molecule has 0 radical (unpaired) electrons. The summed E-state index contributed by atoms with van der Waals surface area (Å²) in [4.78, 5) is 12.9. The number of alkyl halides is 3. The summed E-state index contributed by atoms with van der Waals surface area (Å²) in [6.07, 6.45) is -4.69. The van der Waals surface area contributed by atoms with E-state index in [0.29, 0.717) is 0 Å². The van der Waals surface area contributed by atoms with E-state index in [-0.39, 0.29) is 24.5 Å². The smallest absolute Gasteiger partial charge is 0.297 e. The minimum atomic E-state index is -4.61. The SMILES string of the molecule is Cn1nc(C(F)(F)F)cc1N1CC(CS(N)(=O)=O)CC1=O. The van der Waals surface area contributed by atoms with Crippen molar-refractivity contribution in [3.8, 4) is 0 Å². The van der Waals surface area contributed by atoms with Gasteiger partial charge >= 0.3 is 6.18 Å². The molecule has 1 amide bonds. The van der Waals surface area contributed by atoms with Crippen molar-refractivity contribution < 1.29 is 26.4 Å². The number of hydrogen-bond acceptors (Lipinski definition) is 4. The number of sulfonamides is 1. The lowest BCUT2D eigenvalue weighted by Crippen LogP contribution is -2.28. The fraction of sp³-hybridized carbons (Fsp3) is 0.600. The molecule has 1 atom stereocenters. The lowest BCUT2D eigenvalue weighted by atomic mass is 10.1. The van der Waals surface area contributed by atoms with Gasteiger partial charge in [0.15, 0.2) is 5.69 Å². The highest BCUT2D eigenvalue weighted by Crippen LogP contribution is 2.32. The molecule has 1 aromatic rings. The number of amides is 1. The molecule has 1 saturated heterocycles. The number of aryl methyl sites for hydroxylation is 1. The van der Waals surface area contributed by atoms with E-state index in [9.17, 15) is 26.4 Å². The zero-order chi connectivity index (χ0) is 16.0. The van der Waals surface area contributed by atoms with Gasteiger partial charge in [-0.05, 0) is 0 Å². The third-order valence-corrected chi connectivity index (χ3v) is 4.03. The van der Waals surface area contributed by atoms with E-state index in [1.807, 2.05) is 0 Å². The second kappa shape index (κ2) is 4.98. The molecule has 11 heteroatoms. The van der Waals surface area contributed by atoms with Crippen LogP contribution < -0.4 is 10.0 Å². The van der Waals surface area contributed by atoms with Crippen LogP contribution in [0.1, 0.15) is 12.1 Å². The molecule has 0 aliphatic carbocycles. The molecule has 2 rings (SSSR count). The molecular weight excluding hydrogens is 313 g/mol. The molecule has 0 aromatic carbocycles. The second-order valence-corrected chi connectivity index (χ2v) is 6.57. The average Bonchev–Trinajstić information content (AvgIpc) is 2.79. The Kier molecular flexibility index (Phi) is 3.74. The normalized spacial score (nSPS) is 20.3. The lowest BCUT2D eigenvalue weighted by molar-refractivity contribution is -0.141. The Hall–Kier alpha value is -1.62. The van der Waals surface area contributed by atoms with Crippen molar-refractivity contribution in [2.75, 3.05) is 17.2 Å². The van der Waals surface area contributed by atoms with Crippen LogP contribution in [0.25, 0.3) is 0 Å². The molecule has 1 aliphatic rings. The second-order valence-electron chi connectivity index (χ2n) is 4.91. The molecule has 1 aliphatic heterocycles. The van der Waals surface area contributed by atoms with Gasteiger partial charge in [0.2, 0.25) is 15.9 Å². The Morgan fingerprint density at radius 3 is 2.57 bits per heavy atom. The van der Waals surface area contributed by atoms with Crippen molar-refractivity contribution >= 4 is 21.7 Å². The van der Waals surface area contributed by atoms with Crippen molar-refractivity contribution in [1.29, 1.82) is 0 Å². The number of primary sulfonamides is 1. The van der Waals surface area contributed by atoms with Crippen LogP contribution in [0.5, 0.6) is 0 Å². The topological polar surface area (TPSA) is 98.3 Å². The van der Waals surface area contributed by atoms with E-state index in [1.165, 1.54) is 7.05 Å². The van der Waals surface area contributed by atoms with Crippen molar-refractivity contribution in [2.45, 2.75) is 12.6 Å². The Morgan fingerprint density at radius 1 is 1.48 bits per heavy atom. The van der Waals surface area contributed by atoms with Crippen LogP contribution in [0.4, 0.5) is 19.0 Å². The Balaban J connectivity index is 2.23. The van der Waals surface area contributed by atoms with Gasteiger partial charge in [-0.2, -0.15) is 18.3 Å². The average molecular weight is 326 g/mol. The summed E-state index contributed by atoms with van der Waals surface area (Å²) in [7, 11) is -2.46. The minimum absolute atomic E-state index is 0.00784. The van der Waals surface area contributed by atoms with Crippen molar-refractivity contribution in [3.63, 3.8) is 0 Å². The first-order valence-electron chi connectivity index (χ1n) is 5.89. The maximum absolute atomic E-state index is 12.6. The lowest BCUT2D eigenvalue weighted by Gasteiger charge is -2.16. The first kappa shape index (κ1) is 15.8. The molecular formula is C10H13F3N4O3S. The number of nitrogens with zero attached hydrogens (tertiary/aromatic N) is 3. The largest absolute Gasteiger partial charge is 0.435 e. The molecule has 0 spiro atoms. The zero-order valence-electron chi connectivity index (χ0n) is 11.0. The highest BCUT2D eigenvalue weighted by molar-refractivity contribution is 7.89. The molecule has 0 bridgehead atoms. The van der Waals surface area contributed by atoms with Crippen molar-refractivity contribution in [3.05, 3.63) is 11.8 Å². The summed E-state index contributed by atoms with van der Waals surface area (Å²) in [5, 5.41) is 8.23. The summed E-state index contributed by atoms with van der Waals surface area (Å²) in [5.74, 6) is -1.42. The third kappa shape index (κ3) is 3.53. The van der Waals surface area contributed by atoms with E-state index in [2.05, 4.69) is 5.10 Å². The highest BCUT2D eigenvalue weighted by atomic mass is 32.2. The summed E-state index contributed by atoms with van der Waals surface area (Å²) < 4.78 is 60.8. The summed E-state index contributed by atoms with van der Waals surface area (Å²) in [6.45, 7) is -0.00784.